The van der Waals surface area contributed by atoms with Crippen molar-refractivity contribution in [2.75, 3.05) is 57.3 Å². The fourth-order valence-corrected chi connectivity index (χ4v) is 9.15. The van der Waals surface area contributed by atoms with Crippen molar-refractivity contribution in [1.29, 1.82) is 10.5 Å². The summed E-state index contributed by atoms with van der Waals surface area (Å²) in [4.78, 5) is 41.9. The van der Waals surface area contributed by atoms with Crippen LogP contribution in [-0.4, -0.2) is 104 Å². The minimum Gasteiger partial charge on any atom is -0.371 e. The molecule has 4 aliphatic rings. The largest absolute Gasteiger partial charge is 0.371 e. The molecule has 0 aliphatic carbocycles. The first-order valence-corrected chi connectivity index (χ1v) is 24.4. The third-order valence-corrected chi connectivity index (χ3v) is 13.8. The highest BCUT2D eigenvalue weighted by Crippen LogP contribution is 2.36. The zero-order chi connectivity index (χ0) is 48.4. The van der Waals surface area contributed by atoms with Crippen LogP contribution in [0.1, 0.15) is 137 Å². The van der Waals surface area contributed by atoms with Gasteiger partial charge in [-0.3, -0.25) is 19.8 Å². The van der Waals surface area contributed by atoms with Gasteiger partial charge in [-0.25, -0.2) is 14.4 Å². The Morgan fingerprint density at radius 2 is 1.06 bits per heavy atom. The van der Waals surface area contributed by atoms with E-state index in [4.69, 9.17) is 10.5 Å². The molecule has 0 atom stereocenters. The van der Waals surface area contributed by atoms with Crippen molar-refractivity contribution < 1.29 is 14.0 Å². The number of benzene rings is 4. The molecule has 2 amide bonds. The van der Waals surface area contributed by atoms with Gasteiger partial charge in [0, 0.05) is 74.5 Å². The summed E-state index contributed by atoms with van der Waals surface area (Å²) in [5, 5.41) is 35.5. The molecule has 4 aliphatic heterocycles. The van der Waals surface area contributed by atoms with Crippen LogP contribution in [0.5, 0.6) is 0 Å². The van der Waals surface area contributed by atoms with Gasteiger partial charge in [0.2, 0.25) is 0 Å². The highest BCUT2D eigenvalue weighted by molar-refractivity contribution is 5.99. The number of hydrogen-bond donors (Lipinski definition) is 3. The summed E-state index contributed by atoms with van der Waals surface area (Å²) in [6, 6.07) is 26.9. The molecular formula is C55H66ClFN12O2. The predicted molar refractivity (Wildman–Crippen MR) is 278 cm³/mol. The molecule has 10 rings (SSSR count). The summed E-state index contributed by atoms with van der Waals surface area (Å²) in [5.41, 5.74) is 8.87. The number of anilines is 1. The standard InChI is InChI=1S/C27H30N6O.C24H24FN5O.C3H7N.CH4.ClH/c1-3-25-29-26(31-30-25)23-16-22(18(2)15-24(23)32-11-4-12-32)27(34)33-13-9-21(10-14-33)20-7-5-19(17-28)6-8-20;1-3-22-27-23(29-28-22)20-13-19(15(2)12-21(20)25)24(31)30-10-8-18(9-11-30)17-6-4-16(14-26)5-7-17;1-2-4-3-1;;/h5-8,15-16,21H,3-4,9-14H2,1-2H3,(H,29,30,31);4-7,12-13,18H,3,8-11H2,1-2H3,(H,27,28,29);4H,1-3H2;1H4;1H. The van der Waals surface area contributed by atoms with Crippen LogP contribution in [0.25, 0.3) is 22.8 Å². The van der Waals surface area contributed by atoms with Crippen molar-refractivity contribution in [2.24, 2.45) is 0 Å². The SMILES string of the molecule is C.C1CNC1.CCc1nc(-c2cc(C(=O)N3CCC(c4ccc(C#N)cc4)CC3)c(C)cc2F)n[nH]1.CCc1nc(-c2cc(C(=O)N3CCC(c4ccc(C#N)cc4)CC3)c(C)cc2N2CCC2)n[nH]1.Cl. The zero-order valence-electron chi connectivity index (χ0n) is 40.5. The topological polar surface area (TPSA) is 187 Å². The quantitative estimate of drug-likeness (QED) is 0.126. The average molecular weight is 982 g/mol. The van der Waals surface area contributed by atoms with Crippen LogP contribution in [0.4, 0.5) is 10.1 Å². The number of aryl methyl sites for hydroxylation is 4. The van der Waals surface area contributed by atoms with E-state index in [0.717, 1.165) is 86.5 Å². The molecule has 4 saturated heterocycles. The summed E-state index contributed by atoms with van der Waals surface area (Å²) < 4.78 is 14.6. The molecule has 0 unspecified atom stereocenters. The van der Waals surface area contributed by atoms with Crippen LogP contribution in [0, 0.1) is 42.3 Å². The summed E-state index contributed by atoms with van der Waals surface area (Å²) in [6.07, 6.45) is 7.59. The van der Waals surface area contributed by atoms with E-state index >= 15 is 0 Å². The van der Waals surface area contributed by atoms with Crippen molar-refractivity contribution in [3.63, 3.8) is 0 Å². The number of amides is 2. The molecule has 6 aromatic rings. The third kappa shape index (κ3) is 12.5. The Kier molecular flexibility index (Phi) is 18.6. The van der Waals surface area contributed by atoms with E-state index in [1.165, 1.54) is 43.1 Å². The highest BCUT2D eigenvalue weighted by Gasteiger charge is 2.30. The first-order chi connectivity index (χ1) is 33.6. The fourth-order valence-electron chi connectivity index (χ4n) is 9.15. The molecule has 4 aromatic carbocycles. The highest BCUT2D eigenvalue weighted by atomic mass is 35.5. The lowest BCUT2D eigenvalue weighted by molar-refractivity contribution is 0.0704. The second-order valence-electron chi connectivity index (χ2n) is 18.3. The van der Waals surface area contributed by atoms with Gasteiger partial charge in [-0.05, 0) is 148 Å². The van der Waals surface area contributed by atoms with Crippen molar-refractivity contribution in [3.8, 4) is 34.9 Å². The van der Waals surface area contributed by atoms with Gasteiger partial charge in [0.15, 0.2) is 11.6 Å². The smallest absolute Gasteiger partial charge is 0.254 e. The Labute approximate surface area is 423 Å². The molecule has 2 aromatic heterocycles. The molecule has 4 fully saturated rings. The Morgan fingerprint density at radius 1 is 0.648 bits per heavy atom. The van der Waals surface area contributed by atoms with Crippen LogP contribution in [0.2, 0.25) is 0 Å². The number of nitriles is 2. The molecule has 0 spiro atoms. The second-order valence-corrected chi connectivity index (χ2v) is 18.3. The Hall–Kier alpha value is -6.94. The van der Waals surface area contributed by atoms with Gasteiger partial charge in [0.25, 0.3) is 11.8 Å². The van der Waals surface area contributed by atoms with E-state index in [1.54, 1.807) is 13.0 Å². The number of carbonyl (C=O) groups excluding carboxylic acids is 2. The first-order valence-electron chi connectivity index (χ1n) is 24.4. The van der Waals surface area contributed by atoms with E-state index in [2.05, 4.69) is 58.8 Å². The Bertz CT molecular complexity index is 2820. The van der Waals surface area contributed by atoms with Crippen LogP contribution in [0.3, 0.4) is 0 Å². The molecule has 14 nitrogen and oxygen atoms in total. The average Bonchev–Trinajstić information content (AvgIpc) is 4.04. The van der Waals surface area contributed by atoms with Gasteiger partial charge in [0.05, 0.1) is 28.8 Å². The minimum atomic E-state index is -0.435. The molecule has 0 saturated carbocycles. The fraction of sp³-hybridized carbons (Fsp3) is 0.418. The number of rotatable bonds is 9. The molecular weight excluding hydrogens is 915 g/mol. The van der Waals surface area contributed by atoms with Gasteiger partial charge in [-0.2, -0.15) is 20.7 Å². The number of aromatic nitrogens is 6. The van der Waals surface area contributed by atoms with Gasteiger partial charge >= 0.3 is 0 Å². The monoisotopic (exact) mass is 981 g/mol. The molecule has 3 N–H and O–H groups in total. The van der Waals surface area contributed by atoms with Crippen LogP contribution in [0.15, 0.2) is 72.8 Å². The normalized spacial score (nSPS) is 15.5. The molecule has 0 radical (unpaired) electrons. The summed E-state index contributed by atoms with van der Waals surface area (Å²) in [6.45, 7) is 15.0. The van der Waals surface area contributed by atoms with E-state index < -0.39 is 5.82 Å². The van der Waals surface area contributed by atoms with Crippen molar-refractivity contribution in [1.82, 2.24) is 45.5 Å². The van der Waals surface area contributed by atoms with Crippen LogP contribution >= 0.6 is 12.4 Å². The maximum atomic E-state index is 14.6. The number of carbonyl (C=O) groups is 2. The van der Waals surface area contributed by atoms with E-state index in [-0.39, 0.29) is 43.0 Å². The lowest BCUT2D eigenvalue weighted by Gasteiger charge is -2.35. The number of likely N-dealkylation sites (tertiary alicyclic amines) is 2. The zero-order valence-corrected chi connectivity index (χ0v) is 41.3. The number of nitrogens with one attached hydrogen (secondary N) is 3. The predicted octanol–water partition coefficient (Wildman–Crippen LogP) is 9.85. The third-order valence-electron chi connectivity index (χ3n) is 13.8. The summed E-state index contributed by atoms with van der Waals surface area (Å²) in [7, 11) is 0. The van der Waals surface area contributed by atoms with E-state index in [9.17, 15) is 14.0 Å². The first kappa shape index (κ1) is 53.4. The molecule has 71 heavy (non-hydrogen) atoms. The lowest BCUT2D eigenvalue weighted by Crippen LogP contribution is -2.39. The van der Waals surface area contributed by atoms with Gasteiger partial charge in [-0.15, -0.1) is 12.4 Å². The summed E-state index contributed by atoms with van der Waals surface area (Å²) in [5.74, 6) is 2.79. The molecule has 372 valence electrons. The second kappa shape index (κ2) is 24.8. The number of aromatic amines is 2. The molecule has 6 heterocycles. The number of halogens is 2. The van der Waals surface area contributed by atoms with E-state index in [1.807, 2.05) is 85.2 Å². The summed E-state index contributed by atoms with van der Waals surface area (Å²) >= 11 is 0. The minimum absolute atomic E-state index is 0. The number of H-pyrrole nitrogens is 2. The van der Waals surface area contributed by atoms with E-state index in [0.29, 0.717) is 65.2 Å². The Morgan fingerprint density at radius 3 is 1.42 bits per heavy atom. The molecule has 16 heteroatoms. The van der Waals surface area contributed by atoms with Gasteiger partial charge < -0.3 is 20.0 Å². The molecule has 0 bridgehead atoms. The Balaban J connectivity index is 0.000000210. The number of nitrogens with zero attached hydrogens (tertiary/aromatic N) is 9. The van der Waals surface area contributed by atoms with Gasteiger partial charge in [0.1, 0.15) is 17.5 Å². The van der Waals surface area contributed by atoms with Crippen molar-refractivity contribution in [2.45, 2.75) is 98.3 Å². The maximum absolute atomic E-state index is 14.6. The number of hydrogen-bond acceptors (Lipinski definition) is 10. The maximum Gasteiger partial charge on any atom is 0.254 e. The lowest BCUT2D eigenvalue weighted by atomic mass is 9.88. The van der Waals surface area contributed by atoms with Crippen LogP contribution in [-0.2, 0) is 12.8 Å². The van der Waals surface area contributed by atoms with Crippen molar-refractivity contribution in [3.05, 3.63) is 135 Å². The van der Waals surface area contributed by atoms with Crippen LogP contribution < -0.4 is 10.2 Å². The van der Waals surface area contributed by atoms with Gasteiger partial charge in [-0.1, -0.05) is 45.5 Å². The van der Waals surface area contributed by atoms with Crippen molar-refractivity contribution >= 4 is 29.9 Å². The number of piperidine rings is 2.